The van der Waals surface area contributed by atoms with Gasteiger partial charge >= 0.3 is 0 Å². The van der Waals surface area contributed by atoms with Gasteiger partial charge in [0.05, 0.1) is 12.7 Å². The molecule has 1 aliphatic heterocycles. The first-order valence-corrected chi connectivity index (χ1v) is 8.45. The molecule has 0 radical (unpaired) electrons. The molecule has 2 aromatic heterocycles. The fourth-order valence-electron chi connectivity index (χ4n) is 2.80. The average Bonchev–Trinajstić information content (AvgIpc) is 3.15. The Morgan fingerprint density at radius 2 is 2.00 bits per heavy atom. The van der Waals surface area contributed by atoms with Crippen LogP contribution in [0.3, 0.4) is 0 Å². The molecule has 4 N–H and O–H groups in total. The van der Waals surface area contributed by atoms with Crippen molar-refractivity contribution in [3.05, 3.63) is 28.6 Å². The summed E-state index contributed by atoms with van der Waals surface area (Å²) in [5.41, 5.74) is -0.345. The minimum absolute atomic E-state index is 0.0330. The Morgan fingerprint density at radius 1 is 1.29 bits per heavy atom. The van der Waals surface area contributed by atoms with Crippen molar-refractivity contribution in [2.75, 3.05) is 28.2 Å². The van der Waals surface area contributed by atoms with E-state index in [1.54, 1.807) is 38.0 Å². The number of H-pyrrole nitrogens is 1. The molecule has 2 aromatic rings. The first-order chi connectivity index (χ1) is 13.2. The van der Waals surface area contributed by atoms with Gasteiger partial charge < -0.3 is 29.9 Å². The summed E-state index contributed by atoms with van der Waals surface area (Å²) < 4.78 is 6.99. The van der Waals surface area contributed by atoms with Crippen LogP contribution in [0.5, 0.6) is 0 Å². The van der Waals surface area contributed by atoms with Crippen molar-refractivity contribution in [3.8, 4) is 0 Å². The second-order valence-electron chi connectivity index (χ2n) is 6.87. The molecule has 12 nitrogen and oxygen atoms in total. The standard InChI is InChI=1S/C16H23N7O5/c1-21(2)5-8(24)12-10(25)11(26)15(28-12)23-7-17-9-13(23)19-16(20-14(9)27)18-6-22(3)4/h5-7,10-12,15,24-26H,1-4H3,(H,19,20,27)/b8-5-,18-6?/t10-,11+,12+,15+/m0/s1. The number of fused-ring (bicyclic) bond motifs is 1. The van der Waals surface area contributed by atoms with Crippen molar-refractivity contribution in [1.82, 2.24) is 29.3 Å². The van der Waals surface area contributed by atoms with Crippen LogP contribution in [0.1, 0.15) is 6.23 Å². The minimum atomic E-state index is -1.38. The number of nitrogens with zero attached hydrogens (tertiary/aromatic N) is 6. The van der Waals surface area contributed by atoms with Crippen LogP contribution in [0.15, 0.2) is 28.1 Å². The number of hydrogen-bond acceptors (Lipinski definition) is 9. The summed E-state index contributed by atoms with van der Waals surface area (Å²) in [6.45, 7) is 0. The van der Waals surface area contributed by atoms with Crippen LogP contribution in [-0.4, -0.2) is 97.5 Å². The third-order valence-corrected chi connectivity index (χ3v) is 4.03. The molecule has 12 heteroatoms. The molecule has 0 spiro atoms. The molecule has 0 saturated carbocycles. The molecule has 0 aromatic carbocycles. The van der Waals surface area contributed by atoms with Crippen LogP contribution in [-0.2, 0) is 4.74 Å². The molecule has 3 heterocycles. The zero-order chi connectivity index (χ0) is 20.6. The molecule has 0 amide bonds. The summed E-state index contributed by atoms with van der Waals surface area (Å²) in [7, 11) is 6.92. The first kappa shape index (κ1) is 19.8. The summed E-state index contributed by atoms with van der Waals surface area (Å²) >= 11 is 0. The maximum atomic E-state index is 12.2. The Kier molecular flexibility index (Phi) is 5.36. The van der Waals surface area contributed by atoms with Crippen LogP contribution >= 0.6 is 0 Å². The van der Waals surface area contributed by atoms with Gasteiger partial charge in [-0.15, -0.1) is 0 Å². The number of aromatic amines is 1. The van der Waals surface area contributed by atoms with Crippen molar-refractivity contribution in [3.63, 3.8) is 0 Å². The van der Waals surface area contributed by atoms with E-state index in [-0.39, 0.29) is 22.9 Å². The second kappa shape index (κ2) is 7.58. The summed E-state index contributed by atoms with van der Waals surface area (Å²) in [5.74, 6) is -0.196. The highest BCUT2D eigenvalue weighted by atomic mass is 16.6. The fourth-order valence-corrected chi connectivity index (χ4v) is 2.80. The number of aliphatic hydroxyl groups is 3. The largest absolute Gasteiger partial charge is 0.508 e. The van der Waals surface area contributed by atoms with E-state index in [0.29, 0.717) is 0 Å². The first-order valence-electron chi connectivity index (χ1n) is 8.45. The van der Waals surface area contributed by atoms with E-state index >= 15 is 0 Å². The highest BCUT2D eigenvalue weighted by Crippen LogP contribution is 2.33. The molecule has 1 aliphatic rings. The van der Waals surface area contributed by atoms with Gasteiger partial charge in [0.25, 0.3) is 5.56 Å². The predicted molar refractivity (Wildman–Crippen MR) is 100 cm³/mol. The van der Waals surface area contributed by atoms with E-state index in [1.165, 1.54) is 23.4 Å². The number of aliphatic imine (C=N–C) groups is 1. The molecule has 1 fully saturated rings. The van der Waals surface area contributed by atoms with Crippen molar-refractivity contribution in [2.24, 2.45) is 4.99 Å². The van der Waals surface area contributed by atoms with Gasteiger partial charge in [-0.25, -0.2) is 9.98 Å². The molecule has 28 heavy (non-hydrogen) atoms. The average molecular weight is 393 g/mol. The van der Waals surface area contributed by atoms with E-state index in [9.17, 15) is 20.1 Å². The summed E-state index contributed by atoms with van der Waals surface area (Å²) in [5, 5.41) is 30.9. The lowest BCUT2D eigenvalue weighted by molar-refractivity contribution is -0.0346. The van der Waals surface area contributed by atoms with Crippen LogP contribution < -0.4 is 5.56 Å². The predicted octanol–water partition coefficient (Wildman–Crippen LogP) is -1.08. The van der Waals surface area contributed by atoms with Gasteiger partial charge in [0, 0.05) is 34.4 Å². The lowest BCUT2D eigenvalue weighted by atomic mass is 10.1. The highest BCUT2D eigenvalue weighted by molar-refractivity contribution is 5.71. The number of rotatable bonds is 5. The van der Waals surface area contributed by atoms with E-state index in [4.69, 9.17) is 4.74 Å². The number of aliphatic hydroxyl groups excluding tert-OH is 3. The Bertz CT molecular complexity index is 964. The number of hydrogen-bond donors (Lipinski definition) is 4. The Hall–Kier alpha value is -2.96. The molecule has 152 valence electrons. The molecular weight excluding hydrogens is 370 g/mol. The van der Waals surface area contributed by atoms with Crippen molar-refractivity contribution in [1.29, 1.82) is 0 Å². The molecule has 0 bridgehead atoms. The third-order valence-electron chi connectivity index (χ3n) is 4.03. The van der Waals surface area contributed by atoms with Gasteiger partial charge in [0.2, 0.25) is 5.95 Å². The minimum Gasteiger partial charge on any atom is -0.508 e. The molecular formula is C16H23N7O5. The third kappa shape index (κ3) is 3.69. The van der Waals surface area contributed by atoms with Crippen molar-refractivity contribution in [2.45, 2.75) is 24.5 Å². The van der Waals surface area contributed by atoms with Gasteiger partial charge in [-0.2, -0.15) is 4.98 Å². The lowest BCUT2D eigenvalue weighted by Gasteiger charge is -2.16. The summed E-state index contributed by atoms with van der Waals surface area (Å²) in [6.07, 6.45) is -0.901. The normalized spacial score (nSPS) is 25.7. The maximum absolute atomic E-state index is 12.2. The van der Waals surface area contributed by atoms with Crippen molar-refractivity contribution >= 4 is 23.5 Å². The Balaban J connectivity index is 2.00. The molecule has 0 aliphatic carbocycles. The van der Waals surface area contributed by atoms with Gasteiger partial charge in [0.15, 0.2) is 17.4 Å². The topological polar surface area (TPSA) is 152 Å². The Labute approximate surface area is 160 Å². The zero-order valence-electron chi connectivity index (χ0n) is 15.9. The molecule has 0 unspecified atom stereocenters. The van der Waals surface area contributed by atoms with E-state index in [0.717, 1.165) is 0 Å². The van der Waals surface area contributed by atoms with Crippen LogP contribution in [0.25, 0.3) is 11.2 Å². The van der Waals surface area contributed by atoms with Gasteiger partial charge in [-0.1, -0.05) is 0 Å². The van der Waals surface area contributed by atoms with Crippen LogP contribution in [0.4, 0.5) is 5.95 Å². The molecule has 3 rings (SSSR count). The SMILES string of the molecule is CN(C)C=Nc1nc2c(ncn2[C@@H]2O[C@H](/C(O)=C/N(C)C)[C@@H](O)[C@H]2O)c(=O)[nH]1. The number of ether oxygens (including phenoxy) is 1. The van der Waals surface area contributed by atoms with Crippen molar-refractivity contribution < 1.29 is 20.1 Å². The zero-order valence-corrected chi connectivity index (χ0v) is 15.9. The molecule has 1 saturated heterocycles. The number of aromatic nitrogens is 4. The van der Waals surface area contributed by atoms with E-state index in [2.05, 4.69) is 19.9 Å². The number of imidazole rings is 1. The molecule has 4 atom stereocenters. The smallest absolute Gasteiger partial charge is 0.280 e. The van der Waals surface area contributed by atoms with Crippen LogP contribution in [0.2, 0.25) is 0 Å². The van der Waals surface area contributed by atoms with E-state index < -0.39 is 30.1 Å². The van der Waals surface area contributed by atoms with Crippen LogP contribution in [0, 0.1) is 0 Å². The van der Waals surface area contributed by atoms with Gasteiger partial charge in [-0.3, -0.25) is 14.3 Å². The quantitative estimate of drug-likeness (QED) is 0.282. The maximum Gasteiger partial charge on any atom is 0.280 e. The van der Waals surface area contributed by atoms with E-state index in [1.807, 2.05) is 0 Å². The second-order valence-corrected chi connectivity index (χ2v) is 6.87. The van der Waals surface area contributed by atoms with Gasteiger partial charge in [-0.05, 0) is 0 Å². The monoisotopic (exact) mass is 393 g/mol. The summed E-state index contributed by atoms with van der Waals surface area (Å²) in [4.78, 5) is 30.3. The number of nitrogens with one attached hydrogen (secondary N) is 1. The fraction of sp³-hybridized carbons (Fsp3) is 0.500. The summed E-state index contributed by atoms with van der Waals surface area (Å²) in [6, 6.07) is 0. The highest BCUT2D eigenvalue weighted by Gasteiger charge is 2.46. The lowest BCUT2D eigenvalue weighted by Crippen LogP contribution is -2.32. The van der Waals surface area contributed by atoms with Gasteiger partial charge in [0.1, 0.15) is 24.1 Å². The Morgan fingerprint density at radius 3 is 2.64 bits per heavy atom.